The minimum atomic E-state index is -7.02. The maximum atomic E-state index is 14.0. The lowest BCUT2D eigenvalue weighted by Crippen LogP contribution is -2.51. The molecule has 0 bridgehead atoms. The Bertz CT molecular complexity index is 639. The van der Waals surface area contributed by atoms with Gasteiger partial charge in [0.25, 0.3) is 0 Å². The van der Waals surface area contributed by atoms with Crippen molar-refractivity contribution in [3.05, 3.63) is 22.8 Å². The van der Waals surface area contributed by atoms with Gasteiger partial charge in [0.1, 0.15) is 11.4 Å². The highest BCUT2D eigenvalue weighted by Crippen LogP contribution is 2.85. The van der Waals surface area contributed by atoms with Crippen LogP contribution in [0.25, 0.3) is 0 Å². The first-order valence-electron chi connectivity index (χ1n) is 5.40. The van der Waals surface area contributed by atoms with Crippen molar-refractivity contribution in [2.75, 3.05) is 0 Å². The second-order valence-corrected chi connectivity index (χ2v) is 4.85. The number of rotatable bonds is 0. The summed E-state index contributed by atoms with van der Waals surface area (Å²) < 4.78 is 181. The quantitative estimate of drug-likeness (QED) is 0.484. The molecule has 2 rings (SSSR count). The van der Waals surface area contributed by atoms with Crippen molar-refractivity contribution >= 4 is 0 Å². The summed E-state index contributed by atoms with van der Waals surface area (Å²) in [6.07, 6.45) is -20.5. The van der Waals surface area contributed by atoms with Crippen LogP contribution in [0, 0.1) is 5.41 Å². The van der Waals surface area contributed by atoms with Gasteiger partial charge in [-0.2, -0.15) is 48.3 Å². The van der Waals surface area contributed by atoms with E-state index in [1.807, 2.05) is 0 Å². The van der Waals surface area contributed by atoms with Gasteiger partial charge in [-0.3, -0.25) is 0 Å². The van der Waals surface area contributed by atoms with Crippen LogP contribution in [0.5, 0.6) is 0 Å². The molecule has 2 aliphatic carbocycles. The summed E-state index contributed by atoms with van der Waals surface area (Å²) in [6, 6.07) is 0. The maximum Gasteiger partial charge on any atom is 0.421 e. The average Bonchev–Trinajstić information content (AvgIpc) is 2.89. The van der Waals surface area contributed by atoms with Gasteiger partial charge in [0.15, 0.2) is 5.83 Å². The largest absolute Gasteiger partial charge is 0.421 e. The Morgan fingerprint density at radius 2 is 1.04 bits per heavy atom. The number of hydrogen-bond acceptors (Lipinski definition) is 0. The van der Waals surface area contributed by atoms with Gasteiger partial charge in [-0.05, 0) is 0 Å². The van der Waals surface area contributed by atoms with E-state index in [1.54, 1.807) is 0 Å². The van der Waals surface area contributed by atoms with E-state index >= 15 is 0 Å². The fraction of sp³-hybridized carbons (Fsp3) is 0.600. The van der Waals surface area contributed by atoms with Crippen molar-refractivity contribution < 1.29 is 61.5 Å². The van der Waals surface area contributed by atoms with Crippen molar-refractivity contribution in [2.24, 2.45) is 5.41 Å². The van der Waals surface area contributed by atoms with Crippen molar-refractivity contribution in [2.45, 2.75) is 30.1 Å². The molecule has 0 radical (unpaired) electrons. The third-order valence-electron chi connectivity index (χ3n) is 3.67. The number of halogens is 14. The monoisotopic (exact) mass is 386 g/mol. The molecular formula is C10F14. The van der Waals surface area contributed by atoms with Crippen molar-refractivity contribution in [1.29, 1.82) is 0 Å². The zero-order valence-corrected chi connectivity index (χ0v) is 10.3. The molecule has 0 aromatic heterocycles. The molecule has 138 valence electrons. The minimum Gasteiger partial charge on any atom is -0.230 e. The van der Waals surface area contributed by atoms with Crippen LogP contribution in [0.4, 0.5) is 61.5 Å². The summed E-state index contributed by atoms with van der Waals surface area (Å²) >= 11 is 0. The summed E-state index contributed by atoms with van der Waals surface area (Å²) in [5.41, 5.74) is -19.7. The molecule has 0 aromatic carbocycles. The Morgan fingerprint density at radius 1 is 0.667 bits per heavy atom. The molecule has 0 N–H and O–H groups in total. The van der Waals surface area contributed by atoms with Crippen molar-refractivity contribution in [3.63, 3.8) is 0 Å². The van der Waals surface area contributed by atoms with Crippen LogP contribution in [0.1, 0.15) is 0 Å². The summed E-state index contributed by atoms with van der Waals surface area (Å²) in [4.78, 5) is 0. The predicted octanol–water partition coefficient (Wildman–Crippen LogP) is 5.48. The van der Waals surface area contributed by atoms with Gasteiger partial charge in [0.05, 0.1) is 0 Å². The van der Waals surface area contributed by atoms with E-state index in [4.69, 9.17) is 0 Å². The Labute approximate surface area is 121 Å². The average molecular weight is 386 g/mol. The van der Waals surface area contributed by atoms with Crippen LogP contribution in [0.15, 0.2) is 22.8 Å². The van der Waals surface area contributed by atoms with Crippen LogP contribution in [0.2, 0.25) is 0 Å². The predicted molar refractivity (Wildman–Crippen MR) is 45.7 cm³/mol. The lowest BCUT2D eigenvalue weighted by atomic mass is 9.94. The summed E-state index contributed by atoms with van der Waals surface area (Å²) in [5, 5.41) is 0. The number of fused-ring (bicyclic) bond motifs is 1. The van der Waals surface area contributed by atoms with Crippen LogP contribution < -0.4 is 0 Å². The van der Waals surface area contributed by atoms with Gasteiger partial charge in [0.2, 0.25) is 11.1 Å². The van der Waals surface area contributed by atoms with Gasteiger partial charge in [-0.25, -0.2) is 13.2 Å². The van der Waals surface area contributed by atoms with E-state index in [2.05, 4.69) is 0 Å². The maximum absolute atomic E-state index is 14.0. The van der Waals surface area contributed by atoms with Gasteiger partial charge in [-0.15, -0.1) is 0 Å². The molecule has 1 saturated carbocycles. The Balaban J connectivity index is 2.96. The second kappa shape index (κ2) is 4.18. The fourth-order valence-electron chi connectivity index (χ4n) is 2.70. The lowest BCUT2D eigenvalue weighted by Gasteiger charge is -2.28. The molecule has 1 fully saturated rings. The third kappa shape index (κ3) is 1.66. The number of allylic oxidation sites excluding steroid dienone is 4. The van der Waals surface area contributed by atoms with Gasteiger partial charge in [0, 0.05) is 5.57 Å². The van der Waals surface area contributed by atoms with E-state index in [1.165, 1.54) is 0 Å². The van der Waals surface area contributed by atoms with Gasteiger partial charge < -0.3 is 0 Å². The molecule has 0 saturated heterocycles. The van der Waals surface area contributed by atoms with Crippen LogP contribution in [-0.4, -0.2) is 30.1 Å². The summed E-state index contributed by atoms with van der Waals surface area (Å²) in [7, 11) is 0. The Hall–Kier alpha value is -1.50. The molecule has 24 heavy (non-hydrogen) atoms. The molecule has 0 nitrogen and oxygen atoms in total. The molecule has 0 heterocycles. The SMILES string of the molecule is FC1=C2C(F)(C(F)(F)C(F)=C1C(F)(F)F)C2(C(F)(F)F)C(F)(F)F. The molecule has 0 aromatic rings. The molecule has 1 unspecified atom stereocenters. The Kier molecular flexibility index (Phi) is 3.28. The smallest absolute Gasteiger partial charge is 0.230 e. The first kappa shape index (κ1) is 18.8. The second-order valence-electron chi connectivity index (χ2n) is 4.85. The van der Waals surface area contributed by atoms with Crippen molar-refractivity contribution in [3.8, 4) is 0 Å². The van der Waals surface area contributed by atoms with E-state index in [9.17, 15) is 61.5 Å². The first-order valence-corrected chi connectivity index (χ1v) is 5.40. The first-order chi connectivity index (χ1) is 10.3. The fourth-order valence-corrected chi connectivity index (χ4v) is 2.70. The summed E-state index contributed by atoms with van der Waals surface area (Å²) in [6.45, 7) is 0. The van der Waals surface area contributed by atoms with Crippen LogP contribution in [0.3, 0.4) is 0 Å². The molecule has 2 aliphatic rings. The van der Waals surface area contributed by atoms with Crippen molar-refractivity contribution in [1.82, 2.24) is 0 Å². The minimum absolute atomic E-state index is 3.55. The lowest BCUT2D eigenvalue weighted by molar-refractivity contribution is -0.321. The zero-order valence-electron chi connectivity index (χ0n) is 10.3. The van der Waals surface area contributed by atoms with Gasteiger partial charge in [-0.1, -0.05) is 0 Å². The van der Waals surface area contributed by atoms with Crippen LogP contribution >= 0.6 is 0 Å². The summed E-state index contributed by atoms with van der Waals surface area (Å²) in [5.74, 6) is -14.4. The highest BCUT2D eigenvalue weighted by molar-refractivity contribution is 5.67. The van der Waals surface area contributed by atoms with E-state index in [0.717, 1.165) is 0 Å². The molecule has 1 atom stereocenters. The van der Waals surface area contributed by atoms with Gasteiger partial charge >= 0.3 is 24.5 Å². The van der Waals surface area contributed by atoms with E-state index in [0.29, 0.717) is 0 Å². The van der Waals surface area contributed by atoms with E-state index in [-0.39, 0.29) is 0 Å². The molecule has 0 aliphatic heterocycles. The number of hydrogen-bond donors (Lipinski definition) is 0. The zero-order chi connectivity index (χ0) is 19.3. The topological polar surface area (TPSA) is 0 Å². The number of alkyl halides is 12. The standard InChI is InChI=1S/C10F14/c11-2-1(8(16,17)18)4(12)7(14,15)6(13)3(2)5(6,9(19,20)21)10(22,23)24. The molecule has 14 heteroatoms. The Morgan fingerprint density at radius 3 is 1.33 bits per heavy atom. The molecular weight excluding hydrogens is 386 g/mol. The third-order valence-corrected chi connectivity index (χ3v) is 3.67. The molecule has 0 spiro atoms. The van der Waals surface area contributed by atoms with Crippen LogP contribution in [-0.2, 0) is 0 Å². The normalized spacial score (nSPS) is 29.8. The highest BCUT2D eigenvalue weighted by Gasteiger charge is 3.04. The van der Waals surface area contributed by atoms with E-state index < -0.39 is 58.3 Å². The highest BCUT2D eigenvalue weighted by atomic mass is 19.4. The molecule has 0 amide bonds.